The maximum atomic E-state index is 9.08. The lowest BCUT2D eigenvalue weighted by Gasteiger charge is -2.16. The molecule has 1 heterocycles. The van der Waals surface area contributed by atoms with Crippen molar-refractivity contribution in [3.63, 3.8) is 0 Å². The molecule has 1 aromatic heterocycles. The number of methoxy groups -OCH3 is 2. The summed E-state index contributed by atoms with van der Waals surface area (Å²) in [4.78, 5) is 4.30. The molecule has 5 nitrogen and oxygen atoms in total. The molecule has 0 aliphatic carbocycles. The number of hydrogen-bond donors (Lipinski definition) is 1. The zero-order valence-electron chi connectivity index (χ0n) is 10.6. The van der Waals surface area contributed by atoms with Gasteiger partial charge in [0.05, 0.1) is 12.1 Å². The zero-order valence-corrected chi connectivity index (χ0v) is 10.6. The summed E-state index contributed by atoms with van der Waals surface area (Å²) in [5.41, 5.74) is 2.34. The summed E-state index contributed by atoms with van der Waals surface area (Å²) >= 11 is 0. The summed E-state index contributed by atoms with van der Waals surface area (Å²) in [6, 6.07) is 4.03. The summed E-state index contributed by atoms with van der Waals surface area (Å²) in [7, 11) is 3.13. The van der Waals surface area contributed by atoms with E-state index in [-0.39, 0.29) is 6.29 Å². The molecule has 1 aromatic rings. The topological polar surface area (TPSA) is 67.2 Å². The summed E-state index contributed by atoms with van der Waals surface area (Å²) in [5.74, 6) is 0.573. The lowest BCUT2D eigenvalue weighted by Crippen LogP contribution is -2.24. The molecule has 1 rings (SSSR count). The summed E-state index contributed by atoms with van der Waals surface area (Å²) < 4.78 is 10.1. The summed E-state index contributed by atoms with van der Waals surface area (Å²) in [6.07, 6.45) is -0.357. The lowest BCUT2D eigenvalue weighted by atomic mass is 10.1. The molecule has 0 aliphatic heterocycles. The Morgan fingerprint density at radius 3 is 2.59 bits per heavy atom. The van der Waals surface area contributed by atoms with E-state index in [1.54, 1.807) is 14.2 Å². The van der Waals surface area contributed by atoms with Crippen molar-refractivity contribution in [3.05, 3.63) is 22.9 Å². The van der Waals surface area contributed by atoms with Gasteiger partial charge in [0.15, 0.2) is 6.29 Å². The average Bonchev–Trinajstić information content (AvgIpc) is 2.29. The third-order valence-electron chi connectivity index (χ3n) is 2.42. The van der Waals surface area contributed by atoms with E-state index in [0.717, 1.165) is 11.3 Å². The number of nitriles is 1. The molecule has 0 aliphatic rings. The van der Waals surface area contributed by atoms with Crippen molar-refractivity contribution < 1.29 is 9.47 Å². The molecule has 0 unspecified atom stereocenters. The van der Waals surface area contributed by atoms with E-state index >= 15 is 0 Å². The van der Waals surface area contributed by atoms with Crippen LogP contribution in [0.15, 0.2) is 6.07 Å². The molecule has 0 amide bonds. The van der Waals surface area contributed by atoms with E-state index in [2.05, 4.69) is 16.4 Å². The van der Waals surface area contributed by atoms with E-state index in [0.29, 0.717) is 17.9 Å². The Labute approximate surface area is 101 Å². The van der Waals surface area contributed by atoms with Gasteiger partial charge in [-0.25, -0.2) is 4.98 Å². The molecule has 0 fully saturated rings. The van der Waals surface area contributed by atoms with Crippen LogP contribution in [0.1, 0.15) is 16.8 Å². The Morgan fingerprint density at radius 2 is 2.06 bits per heavy atom. The minimum atomic E-state index is -0.357. The number of aryl methyl sites for hydroxylation is 2. The normalized spacial score (nSPS) is 10.4. The Hall–Kier alpha value is -1.64. The predicted octanol–water partition coefficient (Wildman–Crippen LogP) is 1.60. The van der Waals surface area contributed by atoms with Crippen molar-refractivity contribution >= 4 is 5.82 Å². The molecule has 17 heavy (non-hydrogen) atoms. The standard InChI is InChI=1S/C12H17N3O2/c1-8-5-9(2)15-12(10(8)6-13)14-7-11(16-3)17-4/h5,11H,7H2,1-4H3,(H,14,15). The fraction of sp³-hybridized carbons (Fsp3) is 0.500. The second-order valence-electron chi connectivity index (χ2n) is 3.70. The third kappa shape index (κ3) is 3.41. The molecule has 0 saturated carbocycles. The minimum Gasteiger partial charge on any atom is -0.364 e. The van der Waals surface area contributed by atoms with Crippen molar-refractivity contribution in [2.24, 2.45) is 0 Å². The summed E-state index contributed by atoms with van der Waals surface area (Å²) in [5, 5.41) is 12.1. The van der Waals surface area contributed by atoms with Crippen molar-refractivity contribution in [2.45, 2.75) is 20.1 Å². The van der Waals surface area contributed by atoms with Crippen molar-refractivity contribution in [3.8, 4) is 6.07 Å². The first-order chi connectivity index (χ1) is 8.12. The molecule has 92 valence electrons. The highest BCUT2D eigenvalue weighted by molar-refractivity contribution is 5.56. The molecular formula is C12H17N3O2. The number of pyridine rings is 1. The Kier molecular flexibility index (Phi) is 4.88. The van der Waals surface area contributed by atoms with Crippen LogP contribution in [-0.4, -0.2) is 32.0 Å². The highest BCUT2D eigenvalue weighted by atomic mass is 16.7. The number of nitrogens with one attached hydrogen (secondary N) is 1. The van der Waals surface area contributed by atoms with E-state index in [1.807, 2.05) is 19.9 Å². The predicted molar refractivity (Wildman–Crippen MR) is 64.7 cm³/mol. The minimum absolute atomic E-state index is 0.357. The van der Waals surface area contributed by atoms with Gasteiger partial charge in [-0.3, -0.25) is 0 Å². The maximum Gasteiger partial charge on any atom is 0.173 e. The van der Waals surface area contributed by atoms with E-state index < -0.39 is 0 Å². The zero-order chi connectivity index (χ0) is 12.8. The van der Waals surface area contributed by atoms with Crippen LogP contribution in [-0.2, 0) is 9.47 Å². The van der Waals surface area contributed by atoms with Crippen molar-refractivity contribution in [1.29, 1.82) is 5.26 Å². The van der Waals surface area contributed by atoms with E-state index in [9.17, 15) is 0 Å². The highest BCUT2D eigenvalue weighted by Crippen LogP contribution is 2.17. The second kappa shape index (κ2) is 6.18. The van der Waals surface area contributed by atoms with Crippen molar-refractivity contribution in [2.75, 3.05) is 26.1 Å². The molecule has 1 N–H and O–H groups in total. The van der Waals surface area contributed by atoms with Gasteiger partial charge in [0.25, 0.3) is 0 Å². The van der Waals surface area contributed by atoms with Crippen LogP contribution < -0.4 is 5.32 Å². The van der Waals surface area contributed by atoms with Crippen LogP contribution in [0.4, 0.5) is 5.82 Å². The Bertz CT molecular complexity index is 422. The Balaban J connectivity index is 2.87. The van der Waals surface area contributed by atoms with Gasteiger partial charge in [0.1, 0.15) is 11.9 Å². The molecule has 0 aromatic carbocycles. The number of rotatable bonds is 5. The molecule has 0 spiro atoms. The van der Waals surface area contributed by atoms with Gasteiger partial charge >= 0.3 is 0 Å². The van der Waals surface area contributed by atoms with Crippen LogP contribution in [0, 0.1) is 25.2 Å². The molecule has 0 atom stereocenters. The van der Waals surface area contributed by atoms with Gasteiger partial charge in [-0.05, 0) is 25.5 Å². The van der Waals surface area contributed by atoms with Gasteiger partial charge in [-0.2, -0.15) is 5.26 Å². The number of ether oxygens (including phenoxy) is 2. The monoisotopic (exact) mass is 235 g/mol. The first-order valence-electron chi connectivity index (χ1n) is 5.30. The second-order valence-corrected chi connectivity index (χ2v) is 3.70. The quantitative estimate of drug-likeness (QED) is 0.785. The number of anilines is 1. The van der Waals surface area contributed by atoms with Crippen LogP contribution in [0.3, 0.4) is 0 Å². The highest BCUT2D eigenvalue weighted by Gasteiger charge is 2.10. The van der Waals surface area contributed by atoms with Crippen LogP contribution in [0.5, 0.6) is 0 Å². The molecule has 0 saturated heterocycles. The van der Waals surface area contributed by atoms with Gasteiger partial charge < -0.3 is 14.8 Å². The third-order valence-corrected chi connectivity index (χ3v) is 2.42. The first-order valence-corrected chi connectivity index (χ1v) is 5.30. The van der Waals surface area contributed by atoms with Crippen LogP contribution >= 0.6 is 0 Å². The largest absolute Gasteiger partial charge is 0.364 e. The van der Waals surface area contributed by atoms with Gasteiger partial charge in [-0.15, -0.1) is 0 Å². The maximum absolute atomic E-state index is 9.08. The molecular weight excluding hydrogens is 218 g/mol. The molecule has 5 heteroatoms. The number of hydrogen-bond acceptors (Lipinski definition) is 5. The fourth-order valence-corrected chi connectivity index (χ4v) is 1.55. The number of aromatic nitrogens is 1. The van der Waals surface area contributed by atoms with Crippen LogP contribution in [0.2, 0.25) is 0 Å². The van der Waals surface area contributed by atoms with Crippen LogP contribution in [0.25, 0.3) is 0 Å². The van der Waals surface area contributed by atoms with Gasteiger partial charge in [-0.1, -0.05) is 0 Å². The first kappa shape index (κ1) is 13.4. The summed E-state index contributed by atoms with van der Waals surface area (Å²) in [6.45, 7) is 4.23. The molecule has 0 bridgehead atoms. The SMILES string of the molecule is COC(CNc1nc(C)cc(C)c1C#N)OC. The average molecular weight is 235 g/mol. The van der Waals surface area contributed by atoms with E-state index in [4.69, 9.17) is 14.7 Å². The van der Waals surface area contributed by atoms with E-state index in [1.165, 1.54) is 0 Å². The van der Waals surface area contributed by atoms with Gasteiger partial charge in [0.2, 0.25) is 0 Å². The number of nitrogens with zero attached hydrogens (tertiary/aromatic N) is 2. The lowest BCUT2D eigenvalue weighted by molar-refractivity contribution is -0.0914. The smallest absolute Gasteiger partial charge is 0.173 e. The van der Waals surface area contributed by atoms with Crippen molar-refractivity contribution in [1.82, 2.24) is 4.98 Å². The Morgan fingerprint density at radius 1 is 1.41 bits per heavy atom. The fourth-order valence-electron chi connectivity index (χ4n) is 1.55. The van der Waals surface area contributed by atoms with Gasteiger partial charge in [0, 0.05) is 19.9 Å². The molecule has 0 radical (unpaired) electrons.